The monoisotopic (exact) mass is 439 g/mol. The molecule has 3 aromatic rings. The molecule has 0 saturated heterocycles. The van der Waals surface area contributed by atoms with Crippen LogP contribution in [0.15, 0.2) is 41.5 Å². The lowest BCUT2D eigenvalue weighted by atomic mass is 10.1. The predicted molar refractivity (Wildman–Crippen MR) is 117 cm³/mol. The Bertz CT molecular complexity index is 1190. The summed E-state index contributed by atoms with van der Waals surface area (Å²) in [6.45, 7) is 0. The number of halogens is 1. The van der Waals surface area contributed by atoms with Crippen molar-refractivity contribution in [1.29, 1.82) is 5.26 Å². The molecular formula is C21H18FN5O3S. The van der Waals surface area contributed by atoms with Crippen LogP contribution in [-0.4, -0.2) is 37.5 Å². The number of nitrogens with zero attached hydrogens (tertiary/aromatic N) is 3. The Morgan fingerprint density at radius 2 is 1.77 bits per heavy atom. The molecule has 0 bridgehead atoms. The number of hydrogen-bond donors (Lipinski definition) is 2. The summed E-state index contributed by atoms with van der Waals surface area (Å²) in [5.41, 5.74) is 4.55. The summed E-state index contributed by atoms with van der Waals surface area (Å²) in [6.07, 6.45) is 1.47. The van der Waals surface area contributed by atoms with E-state index in [4.69, 9.17) is 26.4 Å². The molecule has 1 aromatic heterocycles. The second-order valence-electron chi connectivity index (χ2n) is 6.09. The highest BCUT2D eigenvalue weighted by Gasteiger charge is 2.18. The van der Waals surface area contributed by atoms with Crippen LogP contribution in [0.1, 0.15) is 11.1 Å². The zero-order chi connectivity index (χ0) is 22.4. The Hall–Kier alpha value is -3.97. The second-order valence-corrected chi connectivity index (χ2v) is 6.47. The van der Waals surface area contributed by atoms with Crippen molar-refractivity contribution in [3.63, 3.8) is 0 Å². The third-order valence-electron chi connectivity index (χ3n) is 4.25. The van der Waals surface area contributed by atoms with Gasteiger partial charge in [-0.05, 0) is 42.0 Å². The van der Waals surface area contributed by atoms with Crippen molar-refractivity contribution in [2.45, 2.75) is 0 Å². The van der Waals surface area contributed by atoms with Crippen molar-refractivity contribution in [2.24, 2.45) is 5.10 Å². The molecule has 2 aromatic carbocycles. The molecule has 0 atom stereocenters. The highest BCUT2D eigenvalue weighted by Crippen LogP contribution is 2.41. The van der Waals surface area contributed by atoms with E-state index in [1.807, 2.05) is 0 Å². The number of aromatic amines is 1. The van der Waals surface area contributed by atoms with Gasteiger partial charge in [-0.1, -0.05) is 12.1 Å². The fraction of sp³-hybridized carbons (Fsp3) is 0.143. The molecule has 0 aliphatic rings. The van der Waals surface area contributed by atoms with Crippen LogP contribution in [0.4, 0.5) is 10.2 Å². The molecule has 158 valence electrons. The topological polar surface area (TPSA) is 105 Å². The van der Waals surface area contributed by atoms with Gasteiger partial charge in [0.25, 0.3) is 0 Å². The van der Waals surface area contributed by atoms with Gasteiger partial charge in [-0.15, -0.1) is 0 Å². The van der Waals surface area contributed by atoms with E-state index >= 15 is 0 Å². The second kappa shape index (κ2) is 9.69. The summed E-state index contributed by atoms with van der Waals surface area (Å²) in [5, 5.41) is 13.9. The van der Waals surface area contributed by atoms with E-state index in [1.165, 1.54) is 39.7 Å². The van der Waals surface area contributed by atoms with Gasteiger partial charge in [0.15, 0.2) is 22.1 Å². The van der Waals surface area contributed by atoms with Gasteiger partial charge in [-0.2, -0.15) is 15.3 Å². The van der Waals surface area contributed by atoms with Gasteiger partial charge in [-0.25, -0.2) is 4.39 Å². The van der Waals surface area contributed by atoms with Gasteiger partial charge in [0.2, 0.25) is 5.75 Å². The molecular weight excluding hydrogens is 421 g/mol. The lowest BCUT2D eigenvalue weighted by Gasteiger charge is -2.15. The number of nitrogens with one attached hydrogen (secondary N) is 2. The van der Waals surface area contributed by atoms with Crippen molar-refractivity contribution in [1.82, 2.24) is 9.97 Å². The number of methoxy groups -OCH3 is 3. The number of benzene rings is 2. The first kappa shape index (κ1) is 21.7. The van der Waals surface area contributed by atoms with E-state index in [-0.39, 0.29) is 22.0 Å². The summed E-state index contributed by atoms with van der Waals surface area (Å²) in [5.74, 6) is 1.07. The van der Waals surface area contributed by atoms with E-state index in [0.717, 1.165) is 0 Å². The maximum atomic E-state index is 13.0. The average molecular weight is 439 g/mol. The van der Waals surface area contributed by atoms with Gasteiger partial charge < -0.3 is 19.2 Å². The minimum absolute atomic E-state index is 0.141. The molecule has 0 unspecified atom stereocenters. The molecule has 0 spiro atoms. The molecule has 2 N–H and O–H groups in total. The molecule has 8 nitrogen and oxygen atoms in total. The molecule has 3 rings (SSSR count). The number of ether oxygens (including phenoxy) is 3. The molecule has 0 radical (unpaired) electrons. The first-order valence-electron chi connectivity index (χ1n) is 8.90. The third-order valence-corrected chi connectivity index (χ3v) is 4.44. The van der Waals surface area contributed by atoms with Crippen LogP contribution >= 0.6 is 12.2 Å². The fourth-order valence-corrected chi connectivity index (χ4v) is 3.02. The highest BCUT2D eigenvalue weighted by molar-refractivity contribution is 7.71. The molecule has 0 aliphatic heterocycles. The van der Waals surface area contributed by atoms with Crippen LogP contribution in [0, 0.1) is 21.9 Å². The number of rotatable bonds is 7. The van der Waals surface area contributed by atoms with E-state index in [0.29, 0.717) is 34.1 Å². The first-order valence-corrected chi connectivity index (χ1v) is 9.31. The fourth-order valence-electron chi connectivity index (χ4n) is 2.82. The summed E-state index contributed by atoms with van der Waals surface area (Å²) >= 11 is 5.23. The summed E-state index contributed by atoms with van der Waals surface area (Å²) < 4.78 is 29.3. The van der Waals surface area contributed by atoms with E-state index in [2.05, 4.69) is 26.6 Å². The Labute approximate surface area is 182 Å². The van der Waals surface area contributed by atoms with Gasteiger partial charge >= 0.3 is 0 Å². The van der Waals surface area contributed by atoms with Gasteiger partial charge in [-0.3, -0.25) is 5.43 Å². The minimum atomic E-state index is -0.345. The minimum Gasteiger partial charge on any atom is -0.493 e. The number of aromatic nitrogens is 2. The lowest BCUT2D eigenvalue weighted by Crippen LogP contribution is -2.03. The van der Waals surface area contributed by atoms with Crippen molar-refractivity contribution in [3.8, 4) is 34.6 Å². The standard InChI is InChI=1S/C21H18FN5O3S/c1-28-16-8-13(9-17(29-2)19(16)30-3)18-15(10-23)20(26-21(31)25-18)27-24-11-12-4-6-14(22)7-5-12/h4-9,11H,1-3H3,(H2,25,26,27,31)/b24-11+. The number of nitriles is 1. The van der Waals surface area contributed by atoms with Crippen LogP contribution in [0.25, 0.3) is 11.3 Å². The molecule has 0 aliphatic carbocycles. The van der Waals surface area contributed by atoms with Crippen LogP contribution in [-0.2, 0) is 0 Å². The summed E-state index contributed by atoms with van der Waals surface area (Å²) in [6, 6.07) is 11.3. The van der Waals surface area contributed by atoms with Crippen LogP contribution < -0.4 is 19.6 Å². The van der Waals surface area contributed by atoms with Gasteiger partial charge in [0, 0.05) is 5.56 Å². The smallest absolute Gasteiger partial charge is 0.203 e. The maximum Gasteiger partial charge on any atom is 0.203 e. The molecule has 0 saturated carbocycles. The molecule has 10 heteroatoms. The van der Waals surface area contributed by atoms with Gasteiger partial charge in [0.05, 0.1) is 33.2 Å². The molecule has 1 heterocycles. The number of H-pyrrole nitrogens is 1. The van der Waals surface area contributed by atoms with Crippen molar-refractivity contribution in [3.05, 3.63) is 58.1 Å². The SMILES string of the molecule is COc1cc(-c2[nH]c(=S)nc(N/N=C/c3ccc(F)cc3)c2C#N)cc(OC)c1OC. The van der Waals surface area contributed by atoms with Crippen LogP contribution in [0.2, 0.25) is 0 Å². The summed E-state index contributed by atoms with van der Waals surface area (Å²) in [4.78, 5) is 7.09. The Morgan fingerprint density at radius 1 is 1.13 bits per heavy atom. The van der Waals surface area contributed by atoms with E-state index in [9.17, 15) is 9.65 Å². The van der Waals surface area contributed by atoms with E-state index in [1.54, 1.807) is 24.3 Å². The van der Waals surface area contributed by atoms with Gasteiger partial charge in [0.1, 0.15) is 17.4 Å². The third kappa shape index (κ3) is 4.79. The van der Waals surface area contributed by atoms with Crippen LogP contribution in [0.5, 0.6) is 17.2 Å². The van der Waals surface area contributed by atoms with Crippen molar-refractivity contribution >= 4 is 24.3 Å². The lowest BCUT2D eigenvalue weighted by molar-refractivity contribution is 0.324. The van der Waals surface area contributed by atoms with Crippen molar-refractivity contribution < 1.29 is 18.6 Å². The Morgan fingerprint density at radius 3 is 2.32 bits per heavy atom. The number of anilines is 1. The predicted octanol–water partition coefficient (Wildman–Crippen LogP) is 4.29. The normalized spacial score (nSPS) is 10.5. The number of hydrogen-bond acceptors (Lipinski definition) is 8. The first-order chi connectivity index (χ1) is 15.0. The Balaban J connectivity index is 2.05. The highest BCUT2D eigenvalue weighted by atomic mass is 32.1. The summed E-state index contributed by atoms with van der Waals surface area (Å²) in [7, 11) is 4.50. The average Bonchev–Trinajstić information content (AvgIpc) is 2.78. The zero-order valence-electron chi connectivity index (χ0n) is 16.9. The quantitative estimate of drug-likeness (QED) is 0.321. The number of hydrazone groups is 1. The molecule has 0 fully saturated rings. The molecule has 31 heavy (non-hydrogen) atoms. The molecule has 0 amide bonds. The largest absolute Gasteiger partial charge is 0.493 e. The Kier molecular flexibility index (Phi) is 6.79. The van der Waals surface area contributed by atoms with Crippen molar-refractivity contribution in [2.75, 3.05) is 26.8 Å². The zero-order valence-corrected chi connectivity index (χ0v) is 17.7. The maximum absolute atomic E-state index is 13.0. The van der Waals surface area contributed by atoms with Crippen LogP contribution in [0.3, 0.4) is 0 Å². The van der Waals surface area contributed by atoms with E-state index < -0.39 is 0 Å².